The summed E-state index contributed by atoms with van der Waals surface area (Å²) < 4.78 is 25.7. The van der Waals surface area contributed by atoms with Gasteiger partial charge in [-0.3, -0.25) is 14.4 Å². The number of esters is 1. The highest BCUT2D eigenvalue weighted by Crippen LogP contribution is 2.48. The van der Waals surface area contributed by atoms with Crippen LogP contribution in [0, 0.1) is 5.41 Å². The van der Waals surface area contributed by atoms with Gasteiger partial charge in [0, 0.05) is 30.8 Å². The van der Waals surface area contributed by atoms with Crippen molar-refractivity contribution in [1.29, 1.82) is 0 Å². The fourth-order valence-corrected chi connectivity index (χ4v) is 3.67. The quantitative estimate of drug-likeness (QED) is 0.637. The van der Waals surface area contributed by atoms with Crippen LogP contribution < -0.4 is 5.32 Å². The second-order valence-corrected chi connectivity index (χ2v) is 6.77. The van der Waals surface area contributed by atoms with Crippen LogP contribution in [-0.4, -0.2) is 61.8 Å². The molecular weight excluding hydrogens is 355 g/mol. The van der Waals surface area contributed by atoms with Crippen molar-refractivity contribution in [3.05, 3.63) is 42.5 Å². The molecule has 1 aromatic carbocycles. The van der Waals surface area contributed by atoms with Crippen molar-refractivity contribution in [3.8, 4) is 0 Å². The first-order valence-corrected chi connectivity index (χ1v) is 8.53. The third kappa shape index (κ3) is 3.21. The lowest BCUT2D eigenvalue weighted by molar-refractivity contribution is -0.175. The van der Waals surface area contributed by atoms with Crippen LogP contribution in [0.4, 0.5) is 10.1 Å². The van der Waals surface area contributed by atoms with Gasteiger partial charge < -0.3 is 19.7 Å². The minimum Gasteiger partial charge on any atom is -0.468 e. The first kappa shape index (κ1) is 19.0. The molecule has 2 aliphatic heterocycles. The van der Waals surface area contributed by atoms with E-state index in [2.05, 4.69) is 11.9 Å². The summed E-state index contributed by atoms with van der Waals surface area (Å²) in [6.07, 6.45) is 1.17. The summed E-state index contributed by atoms with van der Waals surface area (Å²) in [7, 11) is 1.20. The van der Waals surface area contributed by atoms with Crippen molar-refractivity contribution in [2.45, 2.75) is 12.1 Å². The number of alkyl halides is 1. The van der Waals surface area contributed by atoms with E-state index in [1.807, 2.05) is 0 Å². The average Bonchev–Trinajstić information content (AvgIpc) is 3.01. The zero-order valence-electron chi connectivity index (χ0n) is 15.0. The van der Waals surface area contributed by atoms with E-state index < -0.39 is 23.0 Å². The molecule has 27 heavy (non-hydrogen) atoms. The second-order valence-electron chi connectivity index (χ2n) is 6.77. The Kier molecular flexibility index (Phi) is 5.01. The first-order valence-electron chi connectivity index (χ1n) is 8.53. The van der Waals surface area contributed by atoms with Crippen LogP contribution in [0.25, 0.3) is 0 Å². The van der Waals surface area contributed by atoms with Crippen LogP contribution in [0.5, 0.6) is 0 Å². The van der Waals surface area contributed by atoms with Gasteiger partial charge in [0.15, 0.2) is 5.67 Å². The summed E-state index contributed by atoms with van der Waals surface area (Å²) >= 11 is 0. The number of carbonyl (C=O) groups excluding carboxylic acids is 3. The lowest BCUT2D eigenvalue weighted by atomic mass is 9.73. The number of ether oxygens (including phenoxy) is 2. The molecule has 3 rings (SSSR count). The maximum Gasteiger partial charge on any atom is 0.319 e. The van der Waals surface area contributed by atoms with E-state index in [0.717, 1.165) is 6.08 Å². The van der Waals surface area contributed by atoms with Crippen molar-refractivity contribution in [3.63, 3.8) is 0 Å². The Balaban J connectivity index is 1.81. The van der Waals surface area contributed by atoms with Gasteiger partial charge >= 0.3 is 5.97 Å². The van der Waals surface area contributed by atoms with Crippen LogP contribution in [-0.2, 0) is 19.1 Å². The third-order valence-corrected chi connectivity index (χ3v) is 5.20. The van der Waals surface area contributed by atoms with Gasteiger partial charge in [-0.05, 0) is 30.3 Å². The smallest absolute Gasteiger partial charge is 0.319 e. The van der Waals surface area contributed by atoms with Crippen molar-refractivity contribution in [1.82, 2.24) is 4.90 Å². The molecule has 0 saturated carbocycles. The van der Waals surface area contributed by atoms with Gasteiger partial charge in [0.25, 0.3) is 5.91 Å². The van der Waals surface area contributed by atoms with Gasteiger partial charge in [-0.15, -0.1) is 0 Å². The predicted molar refractivity (Wildman–Crippen MR) is 94.9 cm³/mol. The molecule has 0 aromatic heterocycles. The summed E-state index contributed by atoms with van der Waals surface area (Å²) in [5, 5.41) is 2.58. The molecule has 2 saturated heterocycles. The summed E-state index contributed by atoms with van der Waals surface area (Å²) in [5.74, 6) is -1.47. The Hall–Kier alpha value is -2.74. The number of rotatable bonds is 4. The van der Waals surface area contributed by atoms with E-state index in [1.54, 1.807) is 12.1 Å². The normalized spacial score (nSPS) is 26.8. The number of carbonyl (C=O) groups is 3. The molecule has 7 nitrogen and oxygen atoms in total. The lowest BCUT2D eigenvalue weighted by Crippen LogP contribution is -2.56. The van der Waals surface area contributed by atoms with E-state index in [0.29, 0.717) is 11.3 Å². The van der Waals surface area contributed by atoms with E-state index >= 15 is 4.39 Å². The third-order valence-electron chi connectivity index (χ3n) is 5.20. The van der Waals surface area contributed by atoms with Crippen LogP contribution in [0.1, 0.15) is 16.8 Å². The maximum atomic E-state index is 15.6. The minimum atomic E-state index is -1.88. The van der Waals surface area contributed by atoms with E-state index in [1.165, 1.54) is 24.1 Å². The van der Waals surface area contributed by atoms with Crippen LogP contribution in [0.15, 0.2) is 36.9 Å². The number of benzene rings is 1. The monoisotopic (exact) mass is 376 g/mol. The Morgan fingerprint density at radius 3 is 2.63 bits per heavy atom. The van der Waals surface area contributed by atoms with E-state index in [4.69, 9.17) is 9.47 Å². The zero-order valence-corrected chi connectivity index (χ0v) is 15.0. The number of hydrogen-bond donors (Lipinski definition) is 1. The van der Waals surface area contributed by atoms with Gasteiger partial charge in [-0.25, -0.2) is 4.39 Å². The van der Waals surface area contributed by atoms with Gasteiger partial charge in [0.2, 0.25) is 5.91 Å². The first-order chi connectivity index (χ1) is 12.8. The van der Waals surface area contributed by atoms with Gasteiger partial charge in [-0.2, -0.15) is 0 Å². The molecule has 2 amide bonds. The standard InChI is InChI=1S/C19H21FN2O5/c1-3-15(23)21-14-6-4-13(5-7-14)16(24)22-10-18(17(25)26-2)12-27-9-8-19(18,20)11-22/h3-7H,1,8-12H2,2H3,(H,21,23)/t18-,19+/m1/s1. The molecule has 2 fully saturated rings. The molecule has 0 radical (unpaired) electrons. The number of halogens is 1. The van der Waals surface area contributed by atoms with Crippen molar-refractivity contribution in [2.75, 3.05) is 38.7 Å². The summed E-state index contributed by atoms with van der Waals surface area (Å²) in [6, 6.07) is 6.22. The SMILES string of the molecule is C=CC(=O)Nc1ccc(C(=O)N2C[C@@]3(F)CCOC[C@@]3(C(=O)OC)C2)cc1. The summed E-state index contributed by atoms with van der Waals surface area (Å²) in [5.41, 5.74) is -2.55. The number of anilines is 1. The molecule has 2 aliphatic rings. The highest BCUT2D eigenvalue weighted by atomic mass is 19.1. The number of fused-ring (bicyclic) bond motifs is 1. The molecule has 0 aliphatic carbocycles. The van der Waals surface area contributed by atoms with Gasteiger partial charge in [0.1, 0.15) is 5.41 Å². The maximum absolute atomic E-state index is 15.6. The molecule has 0 bridgehead atoms. The Morgan fingerprint density at radius 1 is 1.30 bits per heavy atom. The number of amides is 2. The van der Waals surface area contributed by atoms with E-state index in [9.17, 15) is 14.4 Å². The van der Waals surface area contributed by atoms with Gasteiger partial charge in [0.05, 0.1) is 20.3 Å². The Labute approximate surface area is 156 Å². The molecule has 1 aromatic rings. The highest BCUT2D eigenvalue weighted by molar-refractivity contribution is 6.00. The van der Waals surface area contributed by atoms with Crippen LogP contribution in [0.3, 0.4) is 0 Å². The number of hydrogen-bond acceptors (Lipinski definition) is 5. The minimum absolute atomic E-state index is 0.0262. The molecule has 1 N–H and O–H groups in total. The number of likely N-dealkylation sites (tertiary alicyclic amines) is 1. The summed E-state index contributed by atoms with van der Waals surface area (Å²) in [4.78, 5) is 37.8. The molecule has 2 heterocycles. The Morgan fingerprint density at radius 2 is 2.00 bits per heavy atom. The zero-order chi connectivity index (χ0) is 19.7. The highest BCUT2D eigenvalue weighted by Gasteiger charge is 2.66. The molecule has 0 spiro atoms. The summed E-state index contributed by atoms with van der Waals surface area (Å²) in [6.45, 7) is 3.14. The molecule has 8 heteroatoms. The predicted octanol–water partition coefficient (Wildman–Crippen LogP) is 1.55. The van der Waals surface area contributed by atoms with Crippen molar-refractivity contribution < 1.29 is 28.2 Å². The van der Waals surface area contributed by atoms with Crippen LogP contribution in [0.2, 0.25) is 0 Å². The number of nitrogens with one attached hydrogen (secondary N) is 1. The van der Waals surface area contributed by atoms with Gasteiger partial charge in [-0.1, -0.05) is 6.58 Å². The largest absolute Gasteiger partial charge is 0.468 e. The van der Waals surface area contributed by atoms with Crippen LogP contribution >= 0.6 is 0 Å². The number of methoxy groups -OCH3 is 1. The number of nitrogens with zero attached hydrogens (tertiary/aromatic N) is 1. The molecule has 2 atom stereocenters. The fraction of sp³-hybridized carbons (Fsp3) is 0.421. The molecule has 144 valence electrons. The Bertz CT molecular complexity index is 781. The lowest BCUT2D eigenvalue weighted by Gasteiger charge is -2.39. The molecular formula is C19H21FN2O5. The average molecular weight is 376 g/mol. The molecule has 0 unspecified atom stereocenters. The second kappa shape index (κ2) is 7.11. The fourth-order valence-electron chi connectivity index (χ4n) is 3.67. The van der Waals surface area contributed by atoms with Crippen molar-refractivity contribution >= 4 is 23.5 Å². The van der Waals surface area contributed by atoms with Crippen molar-refractivity contribution in [2.24, 2.45) is 5.41 Å². The topological polar surface area (TPSA) is 84.9 Å². The van der Waals surface area contributed by atoms with E-state index in [-0.39, 0.29) is 38.6 Å².